The molecule has 0 aromatic rings. The molecule has 0 unspecified atom stereocenters. The number of hydrogen-bond acceptors (Lipinski definition) is 9. The summed E-state index contributed by atoms with van der Waals surface area (Å²) >= 11 is 0. The molecule has 0 fully saturated rings. The van der Waals surface area contributed by atoms with Gasteiger partial charge < -0.3 is 33.2 Å². The predicted octanol–water partition coefficient (Wildman–Crippen LogP) is 4.34. The van der Waals surface area contributed by atoms with E-state index in [1.54, 1.807) is 0 Å². The van der Waals surface area contributed by atoms with E-state index < -0.39 is 0 Å². The normalized spacial score (nSPS) is 13.2. The summed E-state index contributed by atoms with van der Waals surface area (Å²) in [6.07, 6.45) is 17.4. The van der Waals surface area contributed by atoms with Gasteiger partial charge in [-0.3, -0.25) is 14.5 Å². The van der Waals surface area contributed by atoms with Gasteiger partial charge in [-0.05, 0) is 6.42 Å². The van der Waals surface area contributed by atoms with E-state index in [0.717, 1.165) is 17.9 Å². The Hall–Kier alpha value is -1.40. The molecule has 10 nitrogen and oxygen atoms in total. The molecule has 1 aliphatic rings. The molecule has 0 atom stereocenters. The minimum absolute atomic E-state index is 0.252. The number of amides is 2. The monoisotopic (exact) mass is 587 g/mol. The van der Waals surface area contributed by atoms with Gasteiger partial charge in [0.25, 0.3) is 11.8 Å². The van der Waals surface area contributed by atoms with Crippen molar-refractivity contribution in [3.63, 3.8) is 0 Å². The largest absolute Gasteiger partial charge is 0.379 e. The number of ether oxygens (including phenoxy) is 7. The SMILES string of the molecule is CCCCCCCCCCCCCOCCOCCOCCOCCOCCOCCOCCN1C(=O)C=CC1=O. The van der Waals surface area contributed by atoms with Crippen molar-refractivity contribution >= 4 is 11.8 Å². The van der Waals surface area contributed by atoms with Crippen LogP contribution in [-0.2, 0) is 42.7 Å². The van der Waals surface area contributed by atoms with Crippen LogP contribution in [0.4, 0.5) is 0 Å². The van der Waals surface area contributed by atoms with Crippen LogP contribution in [0.1, 0.15) is 77.6 Å². The van der Waals surface area contributed by atoms with E-state index in [-0.39, 0.29) is 18.4 Å². The molecule has 0 bridgehead atoms. The molecule has 1 aliphatic heterocycles. The Morgan fingerprint density at radius 1 is 0.415 bits per heavy atom. The topological polar surface area (TPSA) is 102 Å². The van der Waals surface area contributed by atoms with E-state index in [2.05, 4.69) is 6.92 Å². The van der Waals surface area contributed by atoms with E-state index in [4.69, 9.17) is 33.2 Å². The zero-order chi connectivity index (χ0) is 29.5. The molecule has 10 heteroatoms. The Kier molecular flexibility index (Phi) is 27.6. The van der Waals surface area contributed by atoms with E-state index in [1.807, 2.05) is 0 Å². The zero-order valence-corrected chi connectivity index (χ0v) is 25.7. The summed E-state index contributed by atoms with van der Waals surface area (Å²) in [6.45, 7) is 9.79. The molecule has 0 N–H and O–H groups in total. The Morgan fingerprint density at radius 2 is 0.707 bits per heavy atom. The fourth-order valence-corrected chi connectivity index (χ4v) is 4.10. The van der Waals surface area contributed by atoms with Gasteiger partial charge in [-0.2, -0.15) is 0 Å². The first-order valence-corrected chi connectivity index (χ1v) is 15.8. The first kappa shape index (κ1) is 37.6. The molecule has 0 spiro atoms. The van der Waals surface area contributed by atoms with Gasteiger partial charge in [-0.25, -0.2) is 0 Å². The fourth-order valence-electron chi connectivity index (χ4n) is 4.10. The van der Waals surface area contributed by atoms with Crippen LogP contribution in [0.5, 0.6) is 0 Å². The highest BCUT2D eigenvalue weighted by atomic mass is 16.6. The molecule has 0 radical (unpaired) electrons. The molecule has 41 heavy (non-hydrogen) atoms. The van der Waals surface area contributed by atoms with Crippen molar-refractivity contribution in [3.05, 3.63) is 12.2 Å². The van der Waals surface area contributed by atoms with Gasteiger partial charge in [-0.15, -0.1) is 0 Å². The molecule has 0 aromatic carbocycles. The minimum atomic E-state index is -0.297. The summed E-state index contributed by atoms with van der Waals surface area (Å²) < 4.78 is 38.4. The summed E-state index contributed by atoms with van der Waals surface area (Å²) in [5.41, 5.74) is 0. The van der Waals surface area contributed by atoms with Crippen LogP contribution in [0.2, 0.25) is 0 Å². The Labute approximate surface area is 248 Å². The Bertz CT molecular complexity index is 615. The molecule has 0 aromatic heterocycles. The van der Waals surface area contributed by atoms with Crippen LogP contribution in [0.25, 0.3) is 0 Å². The third-order valence-electron chi connectivity index (χ3n) is 6.48. The maximum atomic E-state index is 11.4. The second-order valence-electron chi connectivity index (χ2n) is 9.98. The average molecular weight is 588 g/mol. The van der Waals surface area contributed by atoms with Crippen molar-refractivity contribution in [1.29, 1.82) is 0 Å². The van der Waals surface area contributed by atoms with Crippen LogP contribution in [-0.4, -0.2) is 116 Å². The molecule has 0 aliphatic carbocycles. The second-order valence-corrected chi connectivity index (χ2v) is 9.98. The van der Waals surface area contributed by atoms with Crippen molar-refractivity contribution < 1.29 is 42.7 Å². The number of nitrogens with zero attached hydrogens (tertiary/aromatic N) is 1. The van der Waals surface area contributed by atoms with Crippen molar-refractivity contribution in [3.8, 4) is 0 Å². The lowest BCUT2D eigenvalue weighted by Gasteiger charge is -2.13. The average Bonchev–Trinajstić information content (AvgIpc) is 3.30. The zero-order valence-electron chi connectivity index (χ0n) is 25.7. The van der Waals surface area contributed by atoms with Gasteiger partial charge in [0.2, 0.25) is 0 Å². The van der Waals surface area contributed by atoms with E-state index >= 15 is 0 Å². The summed E-state index contributed by atoms with van der Waals surface area (Å²) in [6, 6.07) is 0. The van der Waals surface area contributed by atoms with E-state index in [9.17, 15) is 9.59 Å². The predicted molar refractivity (Wildman–Crippen MR) is 158 cm³/mol. The maximum Gasteiger partial charge on any atom is 0.253 e. The highest BCUT2D eigenvalue weighted by molar-refractivity contribution is 6.12. The van der Waals surface area contributed by atoms with Gasteiger partial charge >= 0.3 is 0 Å². The minimum Gasteiger partial charge on any atom is -0.379 e. The molecule has 2 amide bonds. The number of rotatable bonds is 33. The van der Waals surface area contributed by atoms with Crippen molar-refractivity contribution in [1.82, 2.24) is 4.90 Å². The lowest BCUT2D eigenvalue weighted by atomic mass is 10.1. The van der Waals surface area contributed by atoms with Crippen LogP contribution < -0.4 is 0 Å². The van der Waals surface area contributed by atoms with Crippen LogP contribution in [0, 0.1) is 0 Å². The lowest BCUT2D eigenvalue weighted by molar-refractivity contribution is -0.137. The molecular weight excluding hydrogens is 530 g/mol. The number of carbonyl (C=O) groups excluding carboxylic acids is 2. The van der Waals surface area contributed by atoms with Gasteiger partial charge in [-0.1, -0.05) is 71.1 Å². The molecule has 240 valence electrons. The van der Waals surface area contributed by atoms with Crippen LogP contribution in [0.15, 0.2) is 12.2 Å². The highest BCUT2D eigenvalue weighted by Gasteiger charge is 2.22. The Morgan fingerprint density at radius 3 is 1.07 bits per heavy atom. The van der Waals surface area contributed by atoms with Gasteiger partial charge in [0.15, 0.2) is 0 Å². The maximum absolute atomic E-state index is 11.4. The first-order valence-electron chi connectivity index (χ1n) is 15.8. The fraction of sp³-hybridized carbons (Fsp3) is 0.871. The summed E-state index contributed by atoms with van der Waals surface area (Å²) in [7, 11) is 0. The van der Waals surface area contributed by atoms with E-state index in [0.29, 0.717) is 85.9 Å². The second kappa shape index (κ2) is 30.1. The summed E-state index contributed by atoms with van der Waals surface area (Å²) in [5, 5.41) is 0. The third kappa shape index (κ3) is 24.9. The summed E-state index contributed by atoms with van der Waals surface area (Å²) in [5.74, 6) is -0.593. The number of hydrogen-bond donors (Lipinski definition) is 0. The van der Waals surface area contributed by atoms with E-state index in [1.165, 1.54) is 76.4 Å². The smallest absolute Gasteiger partial charge is 0.253 e. The molecule has 1 heterocycles. The van der Waals surface area contributed by atoms with Crippen molar-refractivity contribution in [2.45, 2.75) is 77.6 Å². The summed E-state index contributed by atoms with van der Waals surface area (Å²) in [4.78, 5) is 23.9. The molecular formula is C31H57NO9. The standard InChI is InChI=1S/C31H57NO9/c1-2-3-4-5-6-7-8-9-10-11-12-16-35-18-20-37-22-24-39-26-28-41-29-27-40-25-23-38-21-19-36-17-15-32-30(33)13-14-31(32)34/h13-14H,2-12,15-29H2,1H3. The van der Waals surface area contributed by atoms with Gasteiger partial charge in [0, 0.05) is 18.8 Å². The van der Waals surface area contributed by atoms with Crippen LogP contribution >= 0.6 is 0 Å². The third-order valence-corrected chi connectivity index (χ3v) is 6.48. The number of carbonyl (C=O) groups is 2. The van der Waals surface area contributed by atoms with Crippen molar-refractivity contribution in [2.75, 3.05) is 99.0 Å². The number of imide groups is 1. The Balaban J connectivity index is 1.63. The lowest BCUT2D eigenvalue weighted by Crippen LogP contribution is -2.33. The highest BCUT2D eigenvalue weighted by Crippen LogP contribution is 2.11. The molecule has 1 rings (SSSR count). The molecule has 0 saturated carbocycles. The quantitative estimate of drug-likeness (QED) is 0.0820. The van der Waals surface area contributed by atoms with Crippen molar-refractivity contribution in [2.24, 2.45) is 0 Å². The van der Waals surface area contributed by atoms with Crippen LogP contribution in [0.3, 0.4) is 0 Å². The van der Waals surface area contributed by atoms with Gasteiger partial charge in [0.05, 0.1) is 92.4 Å². The molecule has 0 saturated heterocycles. The first-order chi connectivity index (χ1) is 20.3. The van der Waals surface area contributed by atoms with Gasteiger partial charge in [0.1, 0.15) is 0 Å². The number of unbranched alkanes of at least 4 members (excludes halogenated alkanes) is 10.